The monoisotopic (exact) mass is 687 g/mol. The van der Waals surface area contributed by atoms with Crippen LogP contribution >= 0.6 is 0 Å². The molecule has 0 atom stereocenters. The maximum Gasteiger partial charge on any atom is 0.0989 e. The molecule has 0 unspecified atom stereocenters. The highest BCUT2D eigenvalue weighted by Gasteiger charge is 2.22. The van der Waals surface area contributed by atoms with Crippen molar-refractivity contribution in [2.75, 3.05) is 0 Å². The van der Waals surface area contributed by atoms with E-state index in [2.05, 4.69) is 140 Å². The van der Waals surface area contributed by atoms with Crippen molar-refractivity contribution < 1.29 is 0 Å². The van der Waals surface area contributed by atoms with Crippen molar-refractivity contribution >= 4 is 65.2 Å². The van der Waals surface area contributed by atoms with Gasteiger partial charge in [0, 0.05) is 32.7 Å². The molecule has 0 radical (unpaired) electrons. The van der Waals surface area contributed by atoms with Gasteiger partial charge in [-0.05, 0) is 88.3 Å². The number of rotatable bonds is 4. The molecule has 5 heterocycles. The Labute approximate surface area is 310 Å². The fourth-order valence-electron chi connectivity index (χ4n) is 7.61. The van der Waals surface area contributed by atoms with Crippen molar-refractivity contribution in [3.8, 4) is 45.3 Å². The third-order valence-corrected chi connectivity index (χ3v) is 10.4. The Kier molecular flexibility index (Phi) is 6.79. The van der Waals surface area contributed by atoms with Crippen LogP contribution in [0.1, 0.15) is 0 Å². The summed E-state index contributed by atoms with van der Waals surface area (Å²) in [5.41, 5.74) is 9.97. The molecule has 54 heavy (non-hydrogen) atoms. The highest BCUT2D eigenvalue weighted by Crippen LogP contribution is 2.40. The third kappa shape index (κ3) is 5.13. The van der Waals surface area contributed by atoms with Crippen LogP contribution in [0.25, 0.3) is 110 Å². The Balaban J connectivity index is 1.21. The molecule has 0 N–H and O–H groups in total. The number of para-hydroxylation sites is 2. The molecule has 0 aliphatic carbocycles. The van der Waals surface area contributed by atoms with E-state index in [1.165, 1.54) is 10.8 Å². The third-order valence-electron chi connectivity index (χ3n) is 10.4. The first-order chi connectivity index (χ1) is 26.7. The largest absolute Gasteiger partial charge is 0.248 e. The van der Waals surface area contributed by atoms with E-state index in [-0.39, 0.29) is 0 Å². The molecule has 0 aliphatic rings. The van der Waals surface area contributed by atoms with Crippen LogP contribution in [0.5, 0.6) is 0 Å². The molecule has 5 nitrogen and oxygen atoms in total. The van der Waals surface area contributed by atoms with Crippen molar-refractivity contribution in [2.45, 2.75) is 0 Å². The molecule has 0 fully saturated rings. The van der Waals surface area contributed by atoms with Gasteiger partial charge in [0.05, 0.1) is 56.2 Å². The number of hydrogen-bond acceptors (Lipinski definition) is 5. The van der Waals surface area contributed by atoms with Crippen LogP contribution in [0.4, 0.5) is 0 Å². The summed E-state index contributed by atoms with van der Waals surface area (Å²) < 4.78 is 0. The van der Waals surface area contributed by atoms with Crippen LogP contribution in [-0.2, 0) is 0 Å². The molecule has 5 aromatic heterocycles. The van der Waals surface area contributed by atoms with E-state index in [1.54, 1.807) is 0 Å². The molecule has 11 rings (SSSR count). The topological polar surface area (TPSA) is 64.5 Å². The minimum absolute atomic E-state index is 0.729. The zero-order chi connectivity index (χ0) is 35.6. The number of pyridine rings is 5. The zero-order valence-electron chi connectivity index (χ0n) is 29.0. The second-order valence-corrected chi connectivity index (χ2v) is 13.7. The first kappa shape index (κ1) is 30.3. The van der Waals surface area contributed by atoms with Gasteiger partial charge in [-0.3, -0.25) is 0 Å². The highest BCUT2D eigenvalue weighted by atomic mass is 14.9. The molecule has 0 bridgehead atoms. The molecule has 0 spiro atoms. The molecule has 5 heteroatoms. The normalized spacial score (nSPS) is 11.7. The van der Waals surface area contributed by atoms with Gasteiger partial charge in [-0.1, -0.05) is 109 Å². The van der Waals surface area contributed by atoms with Gasteiger partial charge in [-0.2, -0.15) is 0 Å². The van der Waals surface area contributed by atoms with Crippen molar-refractivity contribution in [1.82, 2.24) is 24.9 Å². The molecular weight excluding hydrogens is 659 g/mol. The number of aromatic nitrogens is 5. The summed E-state index contributed by atoms with van der Waals surface area (Å²) in [6, 6.07) is 60.9. The first-order valence-corrected chi connectivity index (χ1v) is 18.1. The van der Waals surface area contributed by atoms with Gasteiger partial charge in [0.2, 0.25) is 0 Å². The van der Waals surface area contributed by atoms with E-state index in [0.29, 0.717) is 0 Å². The molecule has 0 saturated carbocycles. The van der Waals surface area contributed by atoms with Crippen molar-refractivity contribution in [2.24, 2.45) is 0 Å². The van der Waals surface area contributed by atoms with E-state index >= 15 is 0 Å². The van der Waals surface area contributed by atoms with E-state index in [0.717, 1.165) is 99.7 Å². The van der Waals surface area contributed by atoms with Gasteiger partial charge < -0.3 is 0 Å². The standard InChI is InChI=1S/C49H29N5/c1-3-13-34-27-46-36(25-32(34)11-1)19-23-44(52-46)48-38(42-21-17-30-9-5-7-15-40(30)50-42)29-39(43-22-18-31-10-6-8-16-41(31)51-43)49(54-48)45-24-20-37-26-33-12-2-4-14-35(33)28-47(37)53-45/h1-29H. The van der Waals surface area contributed by atoms with Crippen LogP contribution in [0.3, 0.4) is 0 Å². The molecule has 0 amide bonds. The average Bonchev–Trinajstić information content (AvgIpc) is 3.23. The minimum Gasteiger partial charge on any atom is -0.248 e. The lowest BCUT2D eigenvalue weighted by atomic mass is 9.97. The molecular formula is C49H29N5. The minimum atomic E-state index is 0.729. The lowest BCUT2D eigenvalue weighted by molar-refractivity contribution is 1.23. The first-order valence-electron chi connectivity index (χ1n) is 18.1. The Morgan fingerprint density at radius 2 is 0.574 bits per heavy atom. The predicted molar refractivity (Wildman–Crippen MR) is 222 cm³/mol. The lowest BCUT2D eigenvalue weighted by Crippen LogP contribution is -2.01. The Hall–Kier alpha value is -7.37. The summed E-state index contributed by atoms with van der Waals surface area (Å²) in [5, 5.41) is 8.95. The summed E-state index contributed by atoms with van der Waals surface area (Å²) in [4.78, 5) is 26.5. The molecule has 11 aromatic rings. The molecule has 250 valence electrons. The lowest BCUT2D eigenvalue weighted by Gasteiger charge is -2.17. The summed E-state index contributed by atoms with van der Waals surface area (Å²) in [6.07, 6.45) is 0. The van der Waals surface area contributed by atoms with E-state index < -0.39 is 0 Å². The number of hydrogen-bond donors (Lipinski definition) is 0. The van der Waals surface area contributed by atoms with Gasteiger partial charge in [0.1, 0.15) is 0 Å². The zero-order valence-corrected chi connectivity index (χ0v) is 29.0. The van der Waals surface area contributed by atoms with E-state index in [4.69, 9.17) is 24.9 Å². The van der Waals surface area contributed by atoms with Gasteiger partial charge in [0.25, 0.3) is 0 Å². The average molecular weight is 688 g/mol. The van der Waals surface area contributed by atoms with Gasteiger partial charge in [0.15, 0.2) is 0 Å². The van der Waals surface area contributed by atoms with Crippen LogP contribution in [0, 0.1) is 0 Å². The number of fused-ring (bicyclic) bond motifs is 6. The second-order valence-electron chi connectivity index (χ2n) is 13.7. The fourth-order valence-corrected chi connectivity index (χ4v) is 7.61. The van der Waals surface area contributed by atoms with E-state index in [9.17, 15) is 0 Å². The second kappa shape index (κ2) is 12.1. The fraction of sp³-hybridized carbons (Fsp3) is 0. The SMILES string of the molecule is c1ccc2cc3nc(-c4nc(-c5ccc6cc7ccccc7cc6n5)c(-c5ccc6ccccc6n5)cc4-c4ccc5ccccc5n4)ccc3cc2c1. The van der Waals surface area contributed by atoms with E-state index in [1.807, 2.05) is 36.4 Å². The summed E-state index contributed by atoms with van der Waals surface area (Å²) in [5.74, 6) is 0. The van der Waals surface area contributed by atoms with Crippen molar-refractivity contribution in [1.29, 1.82) is 0 Å². The van der Waals surface area contributed by atoms with Gasteiger partial charge in [-0.25, -0.2) is 24.9 Å². The smallest absolute Gasteiger partial charge is 0.0989 e. The van der Waals surface area contributed by atoms with Crippen molar-refractivity contribution in [3.63, 3.8) is 0 Å². The van der Waals surface area contributed by atoms with Crippen LogP contribution in [-0.4, -0.2) is 24.9 Å². The summed E-state index contributed by atoms with van der Waals surface area (Å²) >= 11 is 0. The molecule has 6 aromatic carbocycles. The number of nitrogens with zero attached hydrogens (tertiary/aromatic N) is 5. The summed E-state index contributed by atoms with van der Waals surface area (Å²) in [6.45, 7) is 0. The Morgan fingerprint density at radius 1 is 0.222 bits per heavy atom. The van der Waals surface area contributed by atoms with Crippen molar-refractivity contribution in [3.05, 3.63) is 176 Å². The van der Waals surface area contributed by atoms with Crippen LogP contribution < -0.4 is 0 Å². The predicted octanol–water partition coefficient (Wildman–Crippen LogP) is 12.2. The summed E-state index contributed by atoms with van der Waals surface area (Å²) in [7, 11) is 0. The maximum absolute atomic E-state index is 5.56. The van der Waals surface area contributed by atoms with Crippen LogP contribution in [0.15, 0.2) is 176 Å². The van der Waals surface area contributed by atoms with Crippen LogP contribution in [0.2, 0.25) is 0 Å². The number of benzene rings is 6. The highest BCUT2D eigenvalue weighted by molar-refractivity contribution is 6.00. The molecule has 0 saturated heterocycles. The molecule has 0 aliphatic heterocycles. The van der Waals surface area contributed by atoms with Gasteiger partial charge in [-0.15, -0.1) is 0 Å². The van der Waals surface area contributed by atoms with Gasteiger partial charge >= 0.3 is 0 Å². The quantitative estimate of drug-likeness (QED) is 0.172. The Morgan fingerprint density at radius 3 is 1.04 bits per heavy atom. The Bertz CT molecular complexity index is 3080. The maximum atomic E-state index is 5.56.